The Balaban J connectivity index is 1.38. The first kappa shape index (κ1) is 17.2. The van der Waals surface area contributed by atoms with Crippen molar-refractivity contribution in [3.05, 3.63) is 77.9 Å². The summed E-state index contributed by atoms with van der Waals surface area (Å²) in [6.07, 6.45) is 4.35. The number of carbonyl (C=O) groups is 1. The Morgan fingerprint density at radius 2 is 1.56 bits per heavy atom. The molecular formula is C21H25N3O. The van der Waals surface area contributed by atoms with E-state index in [1.54, 1.807) is 0 Å². The summed E-state index contributed by atoms with van der Waals surface area (Å²) in [5.74, 6) is 0. The van der Waals surface area contributed by atoms with E-state index in [1.807, 2.05) is 53.4 Å². The number of nitrogens with zero attached hydrogens (tertiary/aromatic N) is 2. The van der Waals surface area contributed by atoms with E-state index in [0.29, 0.717) is 6.54 Å². The zero-order chi connectivity index (χ0) is 17.3. The van der Waals surface area contributed by atoms with Crippen molar-refractivity contribution in [2.75, 3.05) is 32.7 Å². The summed E-state index contributed by atoms with van der Waals surface area (Å²) in [7, 11) is 0. The topological polar surface area (TPSA) is 35.6 Å². The van der Waals surface area contributed by atoms with Crippen LogP contribution in [0, 0.1) is 0 Å². The highest BCUT2D eigenvalue weighted by atomic mass is 16.2. The molecule has 0 atom stereocenters. The van der Waals surface area contributed by atoms with Gasteiger partial charge >= 0.3 is 6.03 Å². The zero-order valence-electron chi connectivity index (χ0n) is 14.5. The molecule has 3 rings (SSSR count). The Bertz CT molecular complexity index is 677. The summed E-state index contributed by atoms with van der Waals surface area (Å²) in [6.45, 7) is 4.89. The molecule has 0 aliphatic carbocycles. The van der Waals surface area contributed by atoms with Gasteiger partial charge in [0.2, 0.25) is 0 Å². The van der Waals surface area contributed by atoms with Crippen LogP contribution in [-0.4, -0.2) is 48.6 Å². The molecule has 0 radical (unpaired) electrons. The maximum atomic E-state index is 12.3. The average molecular weight is 335 g/mol. The second-order valence-corrected chi connectivity index (χ2v) is 6.25. The number of hydrogen-bond acceptors (Lipinski definition) is 2. The molecule has 4 heteroatoms. The Morgan fingerprint density at radius 3 is 2.24 bits per heavy atom. The van der Waals surface area contributed by atoms with Crippen LogP contribution in [0.3, 0.4) is 0 Å². The monoisotopic (exact) mass is 335 g/mol. The largest absolute Gasteiger partial charge is 0.334 e. The Labute approximate surface area is 149 Å². The van der Waals surface area contributed by atoms with Crippen LogP contribution in [0.15, 0.2) is 66.7 Å². The molecule has 2 amide bonds. The number of benzene rings is 2. The first-order chi connectivity index (χ1) is 12.3. The Hall–Kier alpha value is -2.59. The fourth-order valence-corrected chi connectivity index (χ4v) is 2.92. The highest BCUT2D eigenvalue weighted by Gasteiger charge is 2.19. The highest BCUT2D eigenvalue weighted by molar-refractivity contribution is 5.74. The van der Waals surface area contributed by atoms with Gasteiger partial charge in [0, 0.05) is 39.3 Å². The quantitative estimate of drug-likeness (QED) is 0.910. The second kappa shape index (κ2) is 9.04. The van der Waals surface area contributed by atoms with Gasteiger partial charge in [0.15, 0.2) is 0 Å². The van der Waals surface area contributed by atoms with Crippen molar-refractivity contribution in [2.24, 2.45) is 0 Å². The predicted molar refractivity (Wildman–Crippen MR) is 102 cm³/mol. The molecule has 0 bridgehead atoms. The smallest absolute Gasteiger partial charge is 0.317 e. The van der Waals surface area contributed by atoms with E-state index in [1.165, 1.54) is 5.56 Å². The molecule has 1 aliphatic heterocycles. The molecule has 0 saturated carbocycles. The molecular weight excluding hydrogens is 310 g/mol. The van der Waals surface area contributed by atoms with Crippen LogP contribution < -0.4 is 5.32 Å². The molecule has 0 aromatic heterocycles. The average Bonchev–Trinajstić information content (AvgIpc) is 2.68. The van der Waals surface area contributed by atoms with Crippen LogP contribution in [0.5, 0.6) is 0 Å². The maximum absolute atomic E-state index is 12.3. The molecule has 1 heterocycles. The van der Waals surface area contributed by atoms with Crippen molar-refractivity contribution >= 4 is 12.1 Å². The molecule has 4 nitrogen and oxygen atoms in total. The van der Waals surface area contributed by atoms with E-state index < -0.39 is 0 Å². The third kappa shape index (κ3) is 5.47. The van der Waals surface area contributed by atoms with E-state index in [2.05, 4.69) is 34.5 Å². The molecule has 0 unspecified atom stereocenters. The fourth-order valence-electron chi connectivity index (χ4n) is 2.92. The van der Waals surface area contributed by atoms with Gasteiger partial charge in [-0.1, -0.05) is 72.8 Å². The molecule has 130 valence electrons. The van der Waals surface area contributed by atoms with Crippen molar-refractivity contribution in [3.8, 4) is 0 Å². The zero-order valence-corrected chi connectivity index (χ0v) is 14.5. The molecule has 2 aromatic rings. The van der Waals surface area contributed by atoms with Crippen molar-refractivity contribution < 1.29 is 4.79 Å². The lowest BCUT2D eigenvalue weighted by Gasteiger charge is -2.34. The van der Waals surface area contributed by atoms with Crippen LogP contribution >= 0.6 is 0 Å². The first-order valence-electron chi connectivity index (χ1n) is 8.82. The summed E-state index contributed by atoms with van der Waals surface area (Å²) in [6, 6.07) is 20.4. The van der Waals surface area contributed by atoms with Gasteiger partial charge in [0.25, 0.3) is 0 Å². The van der Waals surface area contributed by atoms with Crippen LogP contribution in [0.2, 0.25) is 0 Å². The van der Waals surface area contributed by atoms with Crippen molar-refractivity contribution in [1.82, 2.24) is 15.1 Å². The number of nitrogens with one attached hydrogen (secondary N) is 1. The fraction of sp³-hybridized carbons (Fsp3) is 0.286. The van der Waals surface area contributed by atoms with Crippen molar-refractivity contribution in [2.45, 2.75) is 6.54 Å². The highest BCUT2D eigenvalue weighted by Crippen LogP contribution is 2.05. The summed E-state index contributed by atoms with van der Waals surface area (Å²) in [5, 5.41) is 3.00. The Morgan fingerprint density at radius 1 is 0.920 bits per heavy atom. The van der Waals surface area contributed by atoms with Gasteiger partial charge in [-0.05, 0) is 11.1 Å². The summed E-state index contributed by atoms with van der Waals surface area (Å²) in [5.41, 5.74) is 2.35. The molecule has 25 heavy (non-hydrogen) atoms. The lowest BCUT2D eigenvalue weighted by atomic mass is 10.2. The third-order valence-corrected chi connectivity index (χ3v) is 4.42. The van der Waals surface area contributed by atoms with Crippen LogP contribution in [0.1, 0.15) is 11.1 Å². The normalized spacial score (nSPS) is 15.4. The number of hydrogen-bond donors (Lipinski definition) is 1. The third-order valence-electron chi connectivity index (χ3n) is 4.42. The number of urea groups is 1. The SMILES string of the molecule is O=C(NCc1ccccc1)N1CCN(C/C=C/c2ccccc2)CC1. The number of carbonyl (C=O) groups excluding carboxylic acids is 1. The van der Waals surface area contributed by atoms with Crippen molar-refractivity contribution in [3.63, 3.8) is 0 Å². The minimum Gasteiger partial charge on any atom is -0.334 e. The standard InChI is InChI=1S/C21H25N3O/c25-21(22-18-20-10-5-2-6-11-20)24-16-14-23(15-17-24)13-7-12-19-8-3-1-4-9-19/h1-12H,13-18H2,(H,22,25)/b12-7+. The molecule has 1 fully saturated rings. The van der Waals surface area contributed by atoms with Gasteiger partial charge in [0.1, 0.15) is 0 Å². The first-order valence-corrected chi connectivity index (χ1v) is 8.82. The van der Waals surface area contributed by atoms with E-state index >= 15 is 0 Å². The van der Waals surface area contributed by atoms with E-state index in [4.69, 9.17) is 0 Å². The Kier molecular flexibility index (Phi) is 6.23. The summed E-state index contributed by atoms with van der Waals surface area (Å²) in [4.78, 5) is 16.5. The van der Waals surface area contributed by atoms with Gasteiger partial charge in [-0.25, -0.2) is 4.79 Å². The molecule has 1 N–H and O–H groups in total. The lowest BCUT2D eigenvalue weighted by Crippen LogP contribution is -2.51. The van der Waals surface area contributed by atoms with E-state index in [9.17, 15) is 4.79 Å². The predicted octanol–water partition coefficient (Wildman–Crippen LogP) is 3.23. The molecule has 1 saturated heterocycles. The molecule has 1 aliphatic rings. The van der Waals surface area contributed by atoms with Gasteiger partial charge in [0.05, 0.1) is 0 Å². The van der Waals surface area contributed by atoms with E-state index in [-0.39, 0.29) is 6.03 Å². The molecule has 2 aromatic carbocycles. The minimum absolute atomic E-state index is 0.0309. The maximum Gasteiger partial charge on any atom is 0.317 e. The van der Waals surface area contributed by atoms with Gasteiger partial charge in [-0.3, -0.25) is 4.90 Å². The second-order valence-electron chi connectivity index (χ2n) is 6.25. The number of amides is 2. The summed E-state index contributed by atoms with van der Waals surface area (Å²) >= 11 is 0. The number of rotatable bonds is 5. The van der Waals surface area contributed by atoms with Crippen LogP contribution in [0.4, 0.5) is 4.79 Å². The molecule has 0 spiro atoms. The van der Waals surface area contributed by atoms with Crippen LogP contribution in [0.25, 0.3) is 6.08 Å². The van der Waals surface area contributed by atoms with Gasteiger partial charge < -0.3 is 10.2 Å². The van der Waals surface area contributed by atoms with E-state index in [0.717, 1.165) is 38.3 Å². The minimum atomic E-state index is 0.0309. The van der Waals surface area contributed by atoms with Crippen LogP contribution in [-0.2, 0) is 6.54 Å². The van der Waals surface area contributed by atoms with Gasteiger partial charge in [-0.2, -0.15) is 0 Å². The van der Waals surface area contributed by atoms with Gasteiger partial charge in [-0.15, -0.1) is 0 Å². The van der Waals surface area contributed by atoms with Crippen molar-refractivity contribution in [1.29, 1.82) is 0 Å². The summed E-state index contributed by atoms with van der Waals surface area (Å²) < 4.78 is 0. The number of piperazine rings is 1. The lowest BCUT2D eigenvalue weighted by molar-refractivity contribution is 0.146.